The Morgan fingerprint density at radius 3 is 1.94 bits per heavy atom. The highest BCUT2D eigenvalue weighted by Gasteiger charge is 2.25. The van der Waals surface area contributed by atoms with Crippen molar-refractivity contribution in [2.45, 2.75) is 0 Å². The Balaban J connectivity index is 1.31. The first kappa shape index (κ1) is 28.5. The molecule has 12 aromatic rings. The van der Waals surface area contributed by atoms with Crippen molar-refractivity contribution in [1.82, 2.24) is 19.1 Å². The molecule has 246 valence electrons. The first-order valence-electron chi connectivity index (χ1n) is 17.9. The Hall–Kier alpha value is -7.24. The summed E-state index contributed by atoms with van der Waals surface area (Å²) in [6.07, 6.45) is 0. The van der Waals surface area contributed by atoms with Crippen molar-refractivity contribution in [1.29, 1.82) is 0 Å². The van der Waals surface area contributed by atoms with Crippen LogP contribution in [-0.2, 0) is 0 Å². The molecule has 0 bridgehead atoms. The first-order chi connectivity index (χ1) is 26.3. The van der Waals surface area contributed by atoms with Gasteiger partial charge in [-0.25, -0.2) is 9.97 Å². The monoisotopic (exact) mass is 676 g/mol. The lowest BCUT2D eigenvalue weighted by atomic mass is 10.0. The van der Waals surface area contributed by atoms with E-state index in [0.717, 1.165) is 104 Å². The molecule has 0 unspecified atom stereocenters. The smallest absolute Gasteiger partial charge is 0.235 e. The molecule has 5 nitrogen and oxygen atoms in total. The Labute approximate surface area is 302 Å². The predicted molar refractivity (Wildman–Crippen MR) is 218 cm³/mol. The topological polar surface area (TPSA) is 48.8 Å². The summed E-state index contributed by atoms with van der Waals surface area (Å²) in [6.45, 7) is 0. The van der Waals surface area contributed by atoms with Crippen LogP contribution in [0.1, 0.15) is 0 Å². The third-order valence-electron chi connectivity index (χ3n) is 10.9. The number of hydrogen-bond donors (Lipinski definition) is 0. The molecule has 4 heterocycles. The second kappa shape index (κ2) is 10.6. The second-order valence-corrected chi connectivity index (χ2v) is 13.7. The first-order valence-corrected chi connectivity index (χ1v) is 17.9. The number of para-hydroxylation sites is 3. The maximum absolute atomic E-state index is 6.47. The van der Waals surface area contributed by atoms with Crippen molar-refractivity contribution in [2.24, 2.45) is 0 Å². The molecule has 53 heavy (non-hydrogen) atoms. The summed E-state index contributed by atoms with van der Waals surface area (Å²) in [5.74, 6) is 0.641. The number of rotatable bonds is 3. The van der Waals surface area contributed by atoms with E-state index in [-0.39, 0.29) is 0 Å². The van der Waals surface area contributed by atoms with Gasteiger partial charge in [0.25, 0.3) is 0 Å². The van der Waals surface area contributed by atoms with Crippen LogP contribution in [0.4, 0.5) is 0 Å². The minimum absolute atomic E-state index is 0.641. The summed E-state index contributed by atoms with van der Waals surface area (Å²) in [5.41, 5.74) is 10.1. The summed E-state index contributed by atoms with van der Waals surface area (Å²) >= 11 is 0. The van der Waals surface area contributed by atoms with Gasteiger partial charge in [0.05, 0.1) is 38.7 Å². The zero-order chi connectivity index (χ0) is 34.6. The average Bonchev–Trinajstić information content (AvgIpc) is 3.88. The van der Waals surface area contributed by atoms with Crippen molar-refractivity contribution in [3.8, 4) is 22.9 Å². The highest BCUT2D eigenvalue weighted by molar-refractivity contribution is 6.31. The molecule has 8 aromatic carbocycles. The van der Waals surface area contributed by atoms with Gasteiger partial charge in [0, 0.05) is 49.0 Å². The molecule has 0 N–H and O–H groups in total. The highest BCUT2D eigenvalue weighted by Crippen LogP contribution is 2.45. The minimum atomic E-state index is 0.641. The lowest BCUT2D eigenvalue weighted by molar-refractivity contribution is 0.669. The molecule has 4 aromatic heterocycles. The van der Waals surface area contributed by atoms with Crippen LogP contribution >= 0.6 is 0 Å². The van der Waals surface area contributed by atoms with Gasteiger partial charge in [-0.3, -0.25) is 4.57 Å². The highest BCUT2D eigenvalue weighted by atomic mass is 16.3. The number of aromatic nitrogens is 4. The average molecular weight is 677 g/mol. The van der Waals surface area contributed by atoms with Gasteiger partial charge in [0.2, 0.25) is 5.95 Å². The molecule has 0 aliphatic heterocycles. The van der Waals surface area contributed by atoms with E-state index in [9.17, 15) is 0 Å². The molecule has 0 amide bonds. The van der Waals surface area contributed by atoms with Gasteiger partial charge in [0.1, 0.15) is 11.2 Å². The van der Waals surface area contributed by atoms with E-state index in [1.807, 2.05) is 6.07 Å². The molecule has 0 radical (unpaired) electrons. The van der Waals surface area contributed by atoms with Gasteiger partial charge in [-0.2, -0.15) is 0 Å². The summed E-state index contributed by atoms with van der Waals surface area (Å²) in [5, 5.41) is 10.1. The molecule has 0 aliphatic rings. The molecule has 0 atom stereocenters. The van der Waals surface area contributed by atoms with Crippen LogP contribution in [0.25, 0.3) is 110 Å². The molecule has 0 spiro atoms. The zero-order valence-electron chi connectivity index (χ0n) is 28.4. The third kappa shape index (κ3) is 3.91. The maximum Gasteiger partial charge on any atom is 0.235 e. The molecule has 0 fully saturated rings. The molecule has 5 heteroatoms. The number of hydrogen-bond acceptors (Lipinski definition) is 3. The van der Waals surface area contributed by atoms with Gasteiger partial charge in [-0.15, -0.1) is 0 Å². The van der Waals surface area contributed by atoms with E-state index in [1.165, 1.54) is 0 Å². The van der Waals surface area contributed by atoms with E-state index in [2.05, 4.69) is 173 Å². The molecule has 0 aliphatic carbocycles. The van der Waals surface area contributed by atoms with Gasteiger partial charge >= 0.3 is 0 Å². The van der Waals surface area contributed by atoms with Crippen LogP contribution in [0.2, 0.25) is 0 Å². The SMILES string of the molecule is c1ccc(-c2nc(-n3c4ccccc4c4ccc5c(c6ccc7oc8ccccc8c7c6n5-c5ccccc5)c43)nc3c2ccc2ccccc23)cc1. The van der Waals surface area contributed by atoms with E-state index >= 15 is 0 Å². The largest absolute Gasteiger partial charge is 0.456 e. The van der Waals surface area contributed by atoms with Gasteiger partial charge in [0.15, 0.2) is 0 Å². The summed E-state index contributed by atoms with van der Waals surface area (Å²) in [7, 11) is 0. The van der Waals surface area contributed by atoms with Crippen LogP contribution in [0.3, 0.4) is 0 Å². The maximum atomic E-state index is 6.47. The van der Waals surface area contributed by atoms with Crippen molar-refractivity contribution in [3.63, 3.8) is 0 Å². The van der Waals surface area contributed by atoms with E-state index in [0.29, 0.717) is 5.95 Å². The Morgan fingerprint density at radius 1 is 0.396 bits per heavy atom. The second-order valence-electron chi connectivity index (χ2n) is 13.7. The standard InChI is InChI=1S/C48H28N4O/c1-3-14-30(15-4-1)44-37-24-23-29-13-7-8-18-32(29)45(37)50-48(49-44)52-38-21-11-9-19-33(38)34-25-27-39-42(46(34)52)36-26-28-41-43(35-20-10-12-22-40(35)53-41)47(36)51(39)31-16-5-2-6-17-31/h1-28H. The number of nitrogens with zero attached hydrogens (tertiary/aromatic N) is 4. The Kier molecular flexibility index (Phi) is 5.71. The van der Waals surface area contributed by atoms with Crippen LogP contribution < -0.4 is 0 Å². The van der Waals surface area contributed by atoms with Gasteiger partial charge in [-0.1, -0.05) is 121 Å². The zero-order valence-corrected chi connectivity index (χ0v) is 28.4. The third-order valence-corrected chi connectivity index (χ3v) is 10.9. The van der Waals surface area contributed by atoms with Gasteiger partial charge < -0.3 is 8.98 Å². The Bertz CT molecular complexity index is 3450. The normalized spacial score (nSPS) is 12.2. The van der Waals surface area contributed by atoms with E-state index < -0.39 is 0 Å². The number of furan rings is 1. The molecule has 0 saturated carbocycles. The summed E-state index contributed by atoms with van der Waals surface area (Å²) < 4.78 is 11.2. The van der Waals surface area contributed by atoms with Crippen LogP contribution in [0, 0.1) is 0 Å². The van der Waals surface area contributed by atoms with E-state index in [4.69, 9.17) is 14.4 Å². The van der Waals surface area contributed by atoms with E-state index in [1.54, 1.807) is 0 Å². The van der Waals surface area contributed by atoms with Crippen molar-refractivity contribution >= 4 is 87.2 Å². The summed E-state index contributed by atoms with van der Waals surface area (Å²) in [6, 6.07) is 59.9. The van der Waals surface area contributed by atoms with Crippen LogP contribution in [0.15, 0.2) is 174 Å². The lowest BCUT2D eigenvalue weighted by Gasteiger charge is -2.14. The Morgan fingerprint density at radius 2 is 1.08 bits per heavy atom. The predicted octanol–water partition coefficient (Wildman–Crippen LogP) is 12.5. The van der Waals surface area contributed by atoms with Gasteiger partial charge in [-0.05, 0) is 53.9 Å². The van der Waals surface area contributed by atoms with Crippen LogP contribution in [0.5, 0.6) is 0 Å². The van der Waals surface area contributed by atoms with Crippen molar-refractivity contribution < 1.29 is 4.42 Å². The molecular formula is C48H28N4O. The van der Waals surface area contributed by atoms with Crippen molar-refractivity contribution in [2.75, 3.05) is 0 Å². The quantitative estimate of drug-likeness (QED) is 0.175. The summed E-state index contributed by atoms with van der Waals surface area (Å²) in [4.78, 5) is 11.0. The minimum Gasteiger partial charge on any atom is -0.456 e. The fourth-order valence-corrected chi connectivity index (χ4v) is 8.67. The number of fused-ring (bicyclic) bond motifs is 14. The fourth-order valence-electron chi connectivity index (χ4n) is 8.67. The van der Waals surface area contributed by atoms with Crippen LogP contribution in [-0.4, -0.2) is 19.1 Å². The number of benzene rings is 8. The molecular weight excluding hydrogens is 649 g/mol. The lowest BCUT2D eigenvalue weighted by Crippen LogP contribution is -2.04. The molecule has 12 rings (SSSR count). The fraction of sp³-hybridized carbons (Fsp3) is 0. The van der Waals surface area contributed by atoms with Crippen molar-refractivity contribution in [3.05, 3.63) is 170 Å². The molecule has 0 saturated heterocycles.